The highest BCUT2D eigenvalue weighted by atomic mass is 32.2. The number of hydrogen-bond acceptors (Lipinski definition) is 3. The number of carbonyl (C=O) groups excluding carboxylic acids is 1. The van der Waals surface area contributed by atoms with Gasteiger partial charge in [0.05, 0.1) is 17.4 Å². The van der Waals surface area contributed by atoms with Crippen molar-refractivity contribution in [3.8, 4) is 0 Å². The lowest BCUT2D eigenvalue weighted by atomic mass is 10.1. The number of nitrogens with zero attached hydrogens (tertiary/aromatic N) is 2. The minimum absolute atomic E-state index is 0.0639. The van der Waals surface area contributed by atoms with Gasteiger partial charge >= 0.3 is 0 Å². The molecule has 0 saturated carbocycles. The van der Waals surface area contributed by atoms with Gasteiger partial charge in [-0.3, -0.25) is 9.10 Å². The van der Waals surface area contributed by atoms with Crippen LogP contribution in [0, 0.1) is 0 Å². The van der Waals surface area contributed by atoms with Crippen LogP contribution >= 0.6 is 0 Å². The Hall–Kier alpha value is -1.56. The second-order valence-corrected chi connectivity index (χ2v) is 7.71. The summed E-state index contributed by atoms with van der Waals surface area (Å²) >= 11 is 0. The zero-order valence-electron chi connectivity index (χ0n) is 12.3. The molecule has 1 aromatic carbocycles. The SMILES string of the molecule is CCN1C(=O)Cc2cc(N(C)S(=O)(=O)C(C)C)ccc21. The molecule has 0 fully saturated rings. The Morgan fingerprint density at radius 2 is 2.00 bits per heavy atom. The van der Waals surface area contributed by atoms with E-state index in [2.05, 4.69) is 0 Å². The zero-order valence-corrected chi connectivity index (χ0v) is 13.1. The van der Waals surface area contributed by atoms with Gasteiger partial charge in [-0.1, -0.05) is 0 Å². The Balaban J connectivity index is 2.40. The second-order valence-electron chi connectivity index (χ2n) is 5.19. The quantitative estimate of drug-likeness (QED) is 0.851. The molecule has 0 aliphatic carbocycles. The first kappa shape index (κ1) is 14.8. The molecule has 0 N–H and O–H groups in total. The number of rotatable bonds is 4. The van der Waals surface area contributed by atoms with E-state index >= 15 is 0 Å². The molecule has 0 spiro atoms. The highest BCUT2D eigenvalue weighted by Gasteiger charge is 2.28. The molecule has 1 amide bonds. The van der Waals surface area contributed by atoms with Gasteiger partial charge in [-0.05, 0) is 44.5 Å². The predicted octanol–water partition coefficient (Wildman–Crippen LogP) is 1.77. The fraction of sp³-hybridized carbons (Fsp3) is 0.500. The highest BCUT2D eigenvalue weighted by molar-refractivity contribution is 7.93. The van der Waals surface area contributed by atoms with Crippen LogP contribution in [0.15, 0.2) is 18.2 Å². The van der Waals surface area contributed by atoms with Gasteiger partial charge in [0.25, 0.3) is 0 Å². The third-order valence-corrected chi connectivity index (χ3v) is 5.82. The minimum atomic E-state index is -3.35. The molecular weight excluding hydrogens is 276 g/mol. The third-order valence-electron chi connectivity index (χ3n) is 3.65. The molecule has 0 aromatic heterocycles. The Bertz CT molecular complexity index is 638. The molecule has 1 aliphatic rings. The van der Waals surface area contributed by atoms with E-state index < -0.39 is 15.3 Å². The lowest BCUT2D eigenvalue weighted by Gasteiger charge is -2.23. The summed E-state index contributed by atoms with van der Waals surface area (Å²) in [4.78, 5) is 13.6. The van der Waals surface area contributed by atoms with Crippen molar-refractivity contribution in [2.24, 2.45) is 0 Å². The number of sulfonamides is 1. The molecule has 0 bridgehead atoms. The van der Waals surface area contributed by atoms with Crippen LogP contribution < -0.4 is 9.21 Å². The highest BCUT2D eigenvalue weighted by Crippen LogP contribution is 2.32. The number of amides is 1. The standard InChI is InChI=1S/C14H20N2O3S/c1-5-16-13-7-6-12(8-11(13)9-14(16)17)15(4)20(18,19)10(2)3/h6-8,10H,5,9H2,1-4H3. The van der Waals surface area contributed by atoms with E-state index in [0.717, 1.165) is 11.3 Å². The number of carbonyl (C=O) groups is 1. The fourth-order valence-corrected chi connectivity index (χ4v) is 3.42. The largest absolute Gasteiger partial charge is 0.312 e. The van der Waals surface area contributed by atoms with Crippen LogP contribution in [0.5, 0.6) is 0 Å². The van der Waals surface area contributed by atoms with Gasteiger partial charge in [0, 0.05) is 19.3 Å². The normalized spacial score (nSPS) is 14.8. The molecule has 0 saturated heterocycles. The summed E-state index contributed by atoms with van der Waals surface area (Å²) in [5.74, 6) is 0.0639. The van der Waals surface area contributed by atoms with Crippen LogP contribution in [-0.2, 0) is 21.2 Å². The predicted molar refractivity (Wildman–Crippen MR) is 80.6 cm³/mol. The maximum absolute atomic E-state index is 12.2. The van der Waals surface area contributed by atoms with Gasteiger partial charge in [-0.25, -0.2) is 8.42 Å². The van der Waals surface area contributed by atoms with Crippen molar-refractivity contribution in [2.75, 3.05) is 22.8 Å². The Kier molecular flexibility index (Phi) is 3.77. The molecular formula is C14H20N2O3S. The van der Waals surface area contributed by atoms with Crippen LogP contribution in [0.25, 0.3) is 0 Å². The summed E-state index contributed by atoms with van der Waals surface area (Å²) in [6, 6.07) is 5.37. The van der Waals surface area contributed by atoms with Gasteiger partial charge in [-0.2, -0.15) is 0 Å². The summed E-state index contributed by atoms with van der Waals surface area (Å²) in [7, 11) is -1.80. The number of hydrogen-bond donors (Lipinski definition) is 0. The zero-order chi connectivity index (χ0) is 15.1. The van der Waals surface area contributed by atoms with E-state index in [0.29, 0.717) is 18.7 Å². The van der Waals surface area contributed by atoms with E-state index in [9.17, 15) is 13.2 Å². The van der Waals surface area contributed by atoms with Crippen molar-refractivity contribution < 1.29 is 13.2 Å². The van der Waals surface area contributed by atoms with Crippen molar-refractivity contribution in [1.82, 2.24) is 0 Å². The van der Waals surface area contributed by atoms with Crippen molar-refractivity contribution in [3.05, 3.63) is 23.8 Å². The lowest BCUT2D eigenvalue weighted by Crippen LogP contribution is -2.33. The van der Waals surface area contributed by atoms with Crippen LogP contribution in [0.1, 0.15) is 26.3 Å². The van der Waals surface area contributed by atoms with E-state index in [-0.39, 0.29) is 5.91 Å². The van der Waals surface area contributed by atoms with Crippen LogP contribution in [-0.4, -0.2) is 33.2 Å². The second kappa shape index (κ2) is 5.09. The average Bonchev–Trinajstić information content (AvgIpc) is 2.71. The smallest absolute Gasteiger partial charge is 0.237 e. The summed E-state index contributed by atoms with van der Waals surface area (Å²) in [5, 5.41) is -0.477. The topological polar surface area (TPSA) is 57.7 Å². The summed E-state index contributed by atoms with van der Waals surface area (Å²) in [5.41, 5.74) is 2.37. The molecule has 1 heterocycles. The van der Waals surface area contributed by atoms with Crippen molar-refractivity contribution in [3.63, 3.8) is 0 Å². The van der Waals surface area contributed by atoms with E-state index in [1.165, 1.54) is 4.31 Å². The summed E-state index contributed by atoms with van der Waals surface area (Å²) < 4.78 is 25.6. The van der Waals surface area contributed by atoms with Gasteiger partial charge in [0.2, 0.25) is 15.9 Å². The molecule has 5 nitrogen and oxygen atoms in total. The molecule has 2 rings (SSSR count). The number of benzene rings is 1. The molecule has 20 heavy (non-hydrogen) atoms. The first-order valence-electron chi connectivity index (χ1n) is 6.70. The van der Waals surface area contributed by atoms with Gasteiger partial charge in [-0.15, -0.1) is 0 Å². The third kappa shape index (κ3) is 2.28. The van der Waals surface area contributed by atoms with Crippen LogP contribution in [0.3, 0.4) is 0 Å². The summed E-state index contributed by atoms with van der Waals surface area (Å²) in [6.07, 6.45) is 0.340. The summed E-state index contributed by atoms with van der Waals surface area (Å²) in [6.45, 7) is 5.87. The molecule has 0 unspecified atom stereocenters. The minimum Gasteiger partial charge on any atom is -0.312 e. The Labute approximate surface area is 120 Å². The molecule has 1 aromatic rings. The lowest BCUT2D eigenvalue weighted by molar-refractivity contribution is -0.117. The molecule has 110 valence electrons. The van der Waals surface area contributed by atoms with E-state index in [1.54, 1.807) is 37.9 Å². The van der Waals surface area contributed by atoms with Gasteiger partial charge < -0.3 is 4.90 Å². The van der Waals surface area contributed by atoms with Gasteiger partial charge in [0.1, 0.15) is 0 Å². The van der Waals surface area contributed by atoms with Crippen molar-refractivity contribution in [1.29, 1.82) is 0 Å². The van der Waals surface area contributed by atoms with E-state index in [4.69, 9.17) is 0 Å². The number of likely N-dealkylation sites (N-methyl/N-ethyl adjacent to an activating group) is 1. The first-order chi connectivity index (χ1) is 9.28. The number of fused-ring (bicyclic) bond motifs is 1. The van der Waals surface area contributed by atoms with Gasteiger partial charge in [0.15, 0.2) is 0 Å². The average molecular weight is 296 g/mol. The van der Waals surface area contributed by atoms with Crippen LogP contribution in [0.2, 0.25) is 0 Å². The van der Waals surface area contributed by atoms with Crippen molar-refractivity contribution in [2.45, 2.75) is 32.4 Å². The molecule has 0 radical (unpaired) electrons. The van der Waals surface area contributed by atoms with Crippen molar-refractivity contribution >= 4 is 27.3 Å². The first-order valence-corrected chi connectivity index (χ1v) is 8.20. The van der Waals surface area contributed by atoms with E-state index in [1.807, 2.05) is 13.0 Å². The molecule has 1 aliphatic heterocycles. The fourth-order valence-electron chi connectivity index (χ4n) is 2.38. The molecule has 0 atom stereocenters. The number of anilines is 2. The Morgan fingerprint density at radius 1 is 1.35 bits per heavy atom. The maximum atomic E-state index is 12.2. The Morgan fingerprint density at radius 3 is 2.55 bits per heavy atom. The monoisotopic (exact) mass is 296 g/mol. The van der Waals surface area contributed by atoms with Crippen LogP contribution in [0.4, 0.5) is 11.4 Å². The molecule has 6 heteroatoms. The maximum Gasteiger partial charge on any atom is 0.237 e.